The minimum absolute atomic E-state index is 0.0322. The van der Waals surface area contributed by atoms with Crippen molar-refractivity contribution >= 4 is 62.3 Å². The molecule has 38 heavy (non-hydrogen) atoms. The molecule has 0 heterocycles. The summed E-state index contributed by atoms with van der Waals surface area (Å²) in [6.45, 7) is 2.15. The molecule has 1 N–H and O–H groups in total. The highest BCUT2D eigenvalue weighted by molar-refractivity contribution is 7.92. The standard InChI is InChI=1S/C27H34Cl3N3O4S/c1-3-24(27(35)31-22-7-4-5-8-22)32(18-19-10-12-20(28)13-11-19)26(34)9-6-16-33(38(2,36)37)25-17-21(29)14-15-23(25)30/h10-15,17,22,24H,3-9,16,18H2,1-2H3,(H,31,35)/t24-/m0/s1. The lowest BCUT2D eigenvalue weighted by Crippen LogP contribution is -2.51. The molecule has 1 saturated carbocycles. The zero-order valence-corrected chi connectivity index (χ0v) is 24.7. The molecule has 1 atom stereocenters. The molecule has 0 bridgehead atoms. The molecule has 2 aromatic carbocycles. The summed E-state index contributed by atoms with van der Waals surface area (Å²) in [7, 11) is -3.69. The largest absolute Gasteiger partial charge is 0.352 e. The lowest BCUT2D eigenvalue weighted by Gasteiger charge is -2.32. The molecule has 0 spiro atoms. The van der Waals surface area contributed by atoms with Crippen LogP contribution in [0.1, 0.15) is 57.4 Å². The summed E-state index contributed by atoms with van der Waals surface area (Å²) in [4.78, 5) is 28.4. The first-order valence-corrected chi connectivity index (χ1v) is 15.7. The lowest BCUT2D eigenvalue weighted by molar-refractivity contribution is -0.141. The molecular weight excluding hydrogens is 569 g/mol. The first-order valence-electron chi connectivity index (χ1n) is 12.8. The molecule has 0 aliphatic heterocycles. The van der Waals surface area contributed by atoms with Gasteiger partial charge in [-0.2, -0.15) is 0 Å². The smallest absolute Gasteiger partial charge is 0.243 e. The fourth-order valence-electron chi connectivity index (χ4n) is 4.73. The van der Waals surface area contributed by atoms with Crippen molar-refractivity contribution in [2.45, 2.75) is 70.5 Å². The highest BCUT2D eigenvalue weighted by Gasteiger charge is 2.31. The Morgan fingerprint density at radius 3 is 2.26 bits per heavy atom. The van der Waals surface area contributed by atoms with Gasteiger partial charge in [-0.1, -0.05) is 66.7 Å². The number of carbonyl (C=O) groups excluding carboxylic acids is 2. The number of halogens is 3. The normalized spacial score (nSPS) is 14.8. The quantitative estimate of drug-likeness (QED) is 0.320. The van der Waals surface area contributed by atoms with E-state index in [0.717, 1.165) is 41.8 Å². The van der Waals surface area contributed by atoms with Crippen molar-refractivity contribution in [2.75, 3.05) is 17.1 Å². The van der Waals surface area contributed by atoms with Gasteiger partial charge < -0.3 is 10.2 Å². The summed E-state index contributed by atoms with van der Waals surface area (Å²) < 4.78 is 26.2. The average Bonchev–Trinajstić information content (AvgIpc) is 3.36. The van der Waals surface area contributed by atoms with E-state index >= 15 is 0 Å². The number of hydrogen-bond acceptors (Lipinski definition) is 4. The molecule has 2 amide bonds. The van der Waals surface area contributed by atoms with Gasteiger partial charge in [0.25, 0.3) is 0 Å². The van der Waals surface area contributed by atoms with E-state index in [1.165, 1.54) is 12.1 Å². The van der Waals surface area contributed by atoms with E-state index in [9.17, 15) is 18.0 Å². The number of nitrogens with zero attached hydrogens (tertiary/aromatic N) is 2. The van der Waals surface area contributed by atoms with E-state index in [0.29, 0.717) is 16.5 Å². The molecule has 11 heteroatoms. The third kappa shape index (κ3) is 8.50. The second kappa shape index (κ2) is 13.9. The number of hydrogen-bond donors (Lipinski definition) is 1. The maximum atomic E-state index is 13.5. The summed E-state index contributed by atoms with van der Waals surface area (Å²) in [5, 5.41) is 4.29. The van der Waals surface area contributed by atoms with Crippen LogP contribution in [0.25, 0.3) is 0 Å². The summed E-state index contributed by atoms with van der Waals surface area (Å²) in [5.41, 5.74) is 1.10. The van der Waals surface area contributed by atoms with Gasteiger partial charge in [0.1, 0.15) is 6.04 Å². The van der Waals surface area contributed by atoms with Crippen LogP contribution in [0.15, 0.2) is 42.5 Å². The average molecular weight is 603 g/mol. The van der Waals surface area contributed by atoms with Crippen LogP contribution in [0.3, 0.4) is 0 Å². The van der Waals surface area contributed by atoms with Crippen molar-refractivity contribution in [3.63, 3.8) is 0 Å². The lowest BCUT2D eigenvalue weighted by atomic mass is 10.1. The van der Waals surface area contributed by atoms with E-state index in [1.807, 2.05) is 19.1 Å². The van der Waals surface area contributed by atoms with Crippen LogP contribution >= 0.6 is 34.8 Å². The van der Waals surface area contributed by atoms with Crippen LogP contribution in [0.5, 0.6) is 0 Å². The van der Waals surface area contributed by atoms with E-state index < -0.39 is 16.1 Å². The Balaban J connectivity index is 1.77. The monoisotopic (exact) mass is 601 g/mol. The number of benzene rings is 2. The Morgan fingerprint density at radius 1 is 1.03 bits per heavy atom. The van der Waals surface area contributed by atoms with Crippen LogP contribution in [0, 0.1) is 0 Å². The molecule has 0 saturated heterocycles. The van der Waals surface area contributed by atoms with Crippen molar-refractivity contribution in [3.05, 3.63) is 63.1 Å². The van der Waals surface area contributed by atoms with Gasteiger partial charge >= 0.3 is 0 Å². The topological polar surface area (TPSA) is 86.8 Å². The van der Waals surface area contributed by atoms with Crippen molar-refractivity contribution in [2.24, 2.45) is 0 Å². The first kappa shape index (κ1) is 30.5. The Bertz CT molecular complexity index is 1220. The highest BCUT2D eigenvalue weighted by atomic mass is 35.5. The Morgan fingerprint density at radius 2 is 1.66 bits per heavy atom. The summed E-state index contributed by atoms with van der Waals surface area (Å²) >= 11 is 18.4. The maximum Gasteiger partial charge on any atom is 0.243 e. The second-order valence-corrected chi connectivity index (χ2v) is 12.8. The molecular formula is C27H34Cl3N3O4S. The van der Waals surface area contributed by atoms with Gasteiger partial charge in [-0.15, -0.1) is 0 Å². The first-order chi connectivity index (χ1) is 18.0. The summed E-state index contributed by atoms with van der Waals surface area (Å²) in [5.74, 6) is -0.399. The van der Waals surface area contributed by atoms with Crippen LogP contribution < -0.4 is 9.62 Å². The molecule has 1 aliphatic rings. The number of nitrogens with one attached hydrogen (secondary N) is 1. The molecule has 0 radical (unpaired) electrons. The Hall–Kier alpha value is -2.00. The Labute approximate surface area is 240 Å². The van der Waals surface area contributed by atoms with Crippen molar-refractivity contribution in [1.29, 1.82) is 0 Å². The molecule has 2 aromatic rings. The van der Waals surface area contributed by atoms with E-state index in [2.05, 4.69) is 5.32 Å². The minimum atomic E-state index is -3.69. The Kier molecular flexibility index (Phi) is 11.2. The second-order valence-electron chi connectivity index (χ2n) is 9.60. The minimum Gasteiger partial charge on any atom is -0.352 e. The summed E-state index contributed by atoms with van der Waals surface area (Å²) in [6, 6.07) is 11.2. The van der Waals surface area contributed by atoms with Crippen LogP contribution in [-0.4, -0.2) is 50.0 Å². The zero-order chi connectivity index (χ0) is 27.9. The zero-order valence-electron chi connectivity index (χ0n) is 21.6. The maximum absolute atomic E-state index is 13.5. The molecule has 1 aliphatic carbocycles. The van der Waals surface area contributed by atoms with Crippen molar-refractivity contribution < 1.29 is 18.0 Å². The molecule has 0 aromatic heterocycles. The van der Waals surface area contributed by atoms with Gasteiger partial charge in [-0.05, 0) is 61.6 Å². The SMILES string of the molecule is CC[C@@H](C(=O)NC1CCCC1)N(Cc1ccc(Cl)cc1)C(=O)CCCN(c1cc(Cl)ccc1Cl)S(C)(=O)=O. The highest BCUT2D eigenvalue weighted by Crippen LogP contribution is 2.31. The van der Waals surface area contributed by atoms with E-state index in [-0.39, 0.29) is 54.5 Å². The van der Waals surface area contributed by atoms with Crippen molar-refractivity contribution in [3.8, 4) is 0 Å². The van der Waals surface area contributed by atoms with E-state index in [4.69, 9.17) is 34.8 Å². The third-order valence-electron chi connectivity index (χ3n) is 6.68. The van der Waals surface area contributed by atoms with Crippen LogP contribution in [0.4, 0.5) is 5.69 Å². The van der Waals surface area contributed by atoms with Gasteiger partial charge in [0.15, 0.2) is 0 Å². The van der Waals surface area contributed by atoms with Gasteiger partial charge in [0.05, 0.1) is 17.0 Å². The van der Waals surface area contributed by atoms with Crippen LogP contribution in [-0.2, 0) is 26.2 Å². The molecule has 3 rings (SSSR count). The number of rotatable bonds is 12. The molecule has 1 fully saturated rings. The number of carbonyl (C=O) groups is 2. The number of amides is 2. The molecule has 208 valence electrons. The fourth-order valence-corrected chi connectivity index (χ4v) is 6.26. The van der Waals surface area contributed by atoms with Crippen molar-refractivity contribution in [1.82, 2.24) is 10.2 Å². The van der Waals surface area contributed by atoms with Gasteiger partial charge in [-0.25, -0.2) is 8.42 Å². The van der Waals surface area contributed by atoms with Gasteiger partial charge in [-0.3, -0.25) is 13.9 Å². The van der Waals surface area contributed by atoms with Gasteiger partial charge in [0.2, 0.25) is 21.8 Å². The van der Waals surface area contributed by atoms with Crippen LogP contribution in [0.2, 0.25) is 15.1 Å². The number of anilines is 1. The predicted octanol–water partition coefficient (Wildman–Crippen LogP) is 6.06. The predicted molar refractivity (Wildman–Crippen MR) is 154 cm³/mol. The number of sulfonamides is 1. The molecule has 0 unspecified atom stereocenters. The van der Waals surface area contributed by atoms with E-state index in [1.54, 1.807) is 23.1 Å². The fraction of sp³-hybridized carbons (Fsp3) is 0.481. The van der Waals surface area contributed by atoms with Gasteiger partial charge in [0, 0.05) is 35.6 Å². The molecule has 7 nitrogen and oxygen atoms in total. The summed E-state index contributed by atoms with van der Waals surface area (Å²) in [6.07, 6.45) is 5.87. The third-order valence-corrected chi connectivity index (χ3v) is 8.67.